The Labute approximate surface area is 91.3 Å². The van der Waals surface area contributed by atoms with Crippen molar-refractivity contribution in [2.45, 2.75) is 26.7 Å². The van der Waals surface area contributed by atoms with E-state index in [-0.39, 0.29) is 0 Å². The second kappa shape index (κ2) is 4.09. The smallest absolute Gasteiger partial charge is 0.131 e. The highest BCUT2D eigenvalue weighted by Crippen LogP contribution is 2.24. The van der Waals surface area contributed by atoms with Gasteiger partial charge < -0.3 is 10.6 Å². The molecule has 0 spiro atoms. The fraction of sp³-hybridized carbons (Fsp3) is 0.583. The van der Waals surface area contributed by atoms with Gasteiger partial charge in [-0.3, -0.25) is 0 Å². The normalized spacial score (nSPS) is 21.7. The SMILES string of the molecule is Cc1cc(N)cnc1N1CCCC(C)C1. The summed E-state index contributed by atoms with van der Waals surface area (Å²) in [6, 6.07) is 2.00. The molecule has 2 rings (SSSR count). The van der Waals surface area contributed by atoms with Gasteiger partial charge in [-0.05, 0) is 37.3 Å². The van der Waals surface area contributed by atoms with Crippen LogP contribution in [0.1, 0.15) is 25.3 Å². The third-order valence-corrected chi connectivity index (χ3v) is 3.03. The van der Waals surface area contributed by atoms with Crippen LogP contribution in [-0.2, 0) is 0 Å². The summed E-state index contributed by atoms with van der Waals surface area (Å²) >= 11 is 0. The highest BCUT2D eigenvalue weighted by molar-refractivity contribution is 5.52. The van der Waals surface area contributed by atoms with Crippen LogP contribution in [-0.4, -0.2) is 18.1 Å². The van der Waals surface area contributed by atoms with E-state index >= 15 is 0 Å². The molecule has 0 radical (unpaired) electrons. The monoisotopic (exact) mass is 205 g/mol. The molecule has 1 atom stereocenters. The van der Waals surface area contributed by atoms with Crippen LogP contribution < -0.4 is 10.6 Å². The van der Waals surface area contributed by atoms with E-state index in [4.69, 9.17) is 5.73 Å². The fourth-order valence-electron chi connectivity index (χ4n) is 2.30. The molecule has 3 nitrogen and oxygen atoms in total. The second-order valence-corrected chi connectivity index (χ2v) is 4.60. The number of hydrogen-bond acceptors (Lipinski definition) is 3. The van der Waals surface area contributed by atoms with Crippen LogP contribution in [0.4, 0.5) is 11.5 Å². The fourth-order valence-corrected chi connectivity index (χ4v) is 2.30. The first-order valence-corrected chi connectivity index (χ1v) is 5.64. The van der Waals surface area contributed by atoms with Gasteiger partial charge in [-0.25, -0.2) is 4.98 Å². The molecule has 1 saturated heterocycles. The van der Waals surface area contributed by atoms with E-state index in [0.29, 0.717) is 0 Å². The number of hydrogen-bond donors (Lipinski definition) is 1. The number of nitrogens with zero attached hydrogens (tertiary/aromatic N) is 2. The van der Waals surface area contributed by atoms with Crippen molar-refractivity contribution < 1.29 is 0 Å². The Hall–Kier alpha value is -1.25. The molecule has 2 heterocycles. The van der Waals surface area contributed by atoms with E-state index in [9.17, 15) is 0 Å². The Bertz CT molecular complexity index is 349. The summed E-state index contributed by atoms with van der Waals surface area (Å²) in [5, 5.41) is 0. The van der Waals surface area contributed by atoms with E-state index in [0.717, 1.165) is 30.5 Å². The zero-order chi connectivity index (χ0) is 10.8. The molecular formula is C12H19N3. The predicted molar refractivity (Wildman–Crippen MR) is 64.0 cm³/mol. The quantitative estimate of drug-likeness (QED) is 0.764. The Morgan fingerprint density at radius 3 is 3.00 bits per heavy atom. The molecule has 2 N–H and O–H groups in total. The minimum Gasteiger partial charge on any atom is -0.397 e. The molecule has 3 heteroatoms. The molecule has 0 saturated carbocycles. The third kappa shape index (κ3) is 2.22. The molecule has 1 aliphatic heterocycles. The van der Waals surface area contributed by atoms with Crippen molar-refractivity contribution in [3.05, 3.63) is 17.8 Å². The Morgan fingerprint density at radius 1 is 1.53 bits per heavy atom. The highest BCUT2D eigenvalue weighted by Gasteiger charge is 2.18. The molecule has 0 aromatic carbocycles. The van der Waals surface area contributed by atoms with Gasteiger partial charge in [0.1, 0.15) is 5.82 Å². The lowest BCUT2D eigenvalue weighted by Crippen LogP contribution is -2.35. The number of piperidine rings is 1. The maximum absolute atomic E-state index is 5.70. The summed E-state index contributed by atoms with van der Waals surface area (Å²) < 4.78 is 0. The lowest BCUT2D eigenvalue weighted by molar-refractivity contribution is 0.444. The van der Waals surface area contributed by atoms with E-state index < -0.39 is 0 Å². The number of nitrogen functional groups attached to an aromatic ring is 1. The van der Waals surface area contributed by atoms with Crippen molar-refractivity contribution in [3.63, 3.8) is 0 Å². The molecular weight excluding hydrogens is 186 g/mol. The number of aromatic nitrogens is 1. The van der Waals surface area contributed by atoms with Gasteiger partial charge in [-0.1, -0.05) is 6.92 Å². The van der Waals surface area contributed by atoms with E-state index in [1.807, 2.05) is 6.07 Å². The zero-order valence-corrected chi connectivity index (χ0v) is 9.53. The molecule has 0 bridgehead atoms. The first-order chi connectivity index (χ1) is 7.16. The van der Waals surface area contributed by atoms with Gasteiger partial charge in [0.05, 0.1) is 11.9 Å². The molecule has 15 heavy (non-hydrogen) atoms. The maximum atomic E-state index is 5.70. The van der Waals surface area contributed by atoms with Crippen LogP contribution >= 0.6 is 0 Å². The molecule has 1 aromatic rings. The van der Waals surface area contributed by atoms with Gasteiger partial charge in [-0.15, -0.1) is 0 Å². The molecule has 0 amide bonds. The van der Waals surface area contributed by atoms with Crippen molar-refractivity contribution in [3.8, 4) is 0 Å². The van der Waals surface area contributed by atoms with E-state index in [1.54, 1.807) is 6.20 Å². The lowest BCUT2D eigenvalue weighted by atomic mass is 10.00. The predicted octanol–water partition coefficient (Wildman–Crippen LogP) is 2.21. The van der Waals surface area contributed by atoms with Gasteiger partial charge in [0.25, 0.3) is 0 Å². The van der Waals surface area contributed by atoms with Crippen LogP contribution in [0.2, 0.25) is 0 Å². The standard InChI is InChI=1S/C12H19N3/c1-9-4-3-5-15(8-9)12-10(2)6-11(13)7-14-12/h6-7,9H,3-5,8,13H2,1-2H3. The molecule has 1 fully saturated rings. The Balaban J connectivity index is 2.21. The number of pyridine rings is 1. The van der Waals surface area contributed by atoms with Gasteiger partial charge in [-0.2, -0.15) is 0 Å². The molecule has 1 unspecified atom stereocenters. The molecule has 1 aromatic heterocycles. The Morgan fingerprint density at radius 2 is 2.33 bits per heavy atom. The summed E-state index contributed by atoms with van der Waals surface area (Å²) in [6.45, 7) is 6.64. The first kappa shape index (κ1) is 10.3. The van der Waals surface area contributed by atoms with Crippen molar-refractivity contribution in [2.24, 2.45) is 5.92 Å². The van der Waals surface area contributed by atoms with E-state index in [2.05, 4.69) is 23.7 Å². The van der Waals surface area contributed by atoms with E-state index in [1.165, 1.54) is 18.4 Å². The van der Waals surface area contributed by atoms with Crippen molar-refractivity contribution >= 4 is 11.5 Å². The van der Waals surface area contributed by atoms with Crippen LogP contribution in [0.25, 0.3) is 0 Å². The van der Waals surface area contributed by atoms with Crippen molar-refractivity contribution in [1.82, 2.24) is 4.98 Å². The largest absolute Gasteiger partial charge is 0.397 e. The summed E-state index contributed by atoms with van der Waals surface area (Å²) in [5.41, 5.74) is 7.64. The highest BCUT2D eigenvalue weighted by atomic mass is 15.2. The lowest BCUT2D eigenvalue weighted by Gasteiger charge is -2.32. The molecule has 1 aliphatic rings. The Kier molecular flexibility index (Phi) is 2.80. The number of rotatable bonds is 1. The van der Waals surface area contributed by atoms with Gasteiger partial charge in [0, 0.05) is 13.1 Å². The molecule has 82 valence electrons. The minimum absolute atomic E-state index is 0.751. The minimum atomic E-state index is 0.751. The van der Waals surface area contributed by atoms with Crippen molar-refractivity contribution in [1.29, 1.82) is 0 Å². The van der Waals surface area contributed by atoms with Gasteiger partial charge in [0.15, 0.2) is 0 Å². The maximum Gasteiger partial charge on any atom is 0.131 e. The van der Waals surface area contributed by atoms with Crippen LogP contribution in [0.3, 0.4) is 0 Å². The van der Waals surface area contributed by atoms with Crippen LogP contribution in [0.5, 0.6) is 0 Å². The number of nitrogens with two attached hydrogens (primary N) is 1. The summed E-state index contributed by atoms with van der Waals surface area (Å²) in [5.74, 6) is 1.88. The number of aryl methyl sites for hydroxylation is 1. The van der Waals surface area contributed by atoms with Gasteiger partial charge in [0.2, 0.25) is 0 Å². The average molecular weight is 205 g/mol. The summed E-state index contributed by atoms with van der Waals surface area (Å²) in [6.07, 6.45) is 4.36. The first-order valence-electron chi connectivity index (χ1n) is 5.64. The average Bonchev–Trinajstić information content (AvgIpc) is 2.17. The topological polar surface area (TPSA) is 42.1 Å². The second-order valence-electron chi connectivity index (χ2n) is 4.60. The third-order valence-electron chi connectivity index (χ3n) is 3.03. The molecule has 0 aliphatic carbocycles. The summed E-state index contributed by atoms with van der Waals surface area (Å²) in [7, 11) is 0. The zero-order valence-electron chi connectivity index (χ0n) is 9.53. The number of anilines is 2. The summed E-state index contributed by atoms with van der Waals surface area (Å²) in [4.78, 5) is 6.81. The van der Waals surface area contributed by atoms with Crippen LogP contribution in [0, 0.1) is 12.8 Å². The van der Waals surface area contributed by atoms with Crippen molar-refractivity contribution in [2.75, 3.05) is 23.7 Å². The van der Waals surface area contributed by atoms with Crippen LogP contribution in [0.15, 0.2) is 12.3 Å². The van der Waals surface area contributed by atoms with Gasteiger partial charge >= 0.3 is 0 Å².